The number of carbonyl (C=O) groups is 1. The Hall–Kier alpha value is -2.22. The van der Waals surface area contributed by atoms with Crippen molar-refractivity contribution >= 4 is 45.6 Å². The molecule has 0 aliphatic rings. The first-order valence-electron chi connectivity index (χ1n) is 6.74. The molecular weight excluding hydrogens is 369 g/mol. The van der Waals surface area contributed by atoms with Crippen molar-refractivity contribution in [3.05, 3.63) is 53.1 Å². The van der Waals surface area contributed by atoms with Crippen LogP contribution in [-0.2, 0) is 4.79 Å². The van der Waals surface area contributed by atoms with Gasteiger partial charge < -0.3 is 0 Å². The number of halogens is 2. The minimum atomic E-state index is -0.303. The van der Waals surface area contributed by atoms with E-state index in [1.54, 1.807) is 36.1 Å². The van der Waals surface area contributed by atoms with Gasteiger partial charge in [0.25, 0.3) is 5.91 Å². The molecule has 1 amide bonds. The van der Waals surface area contributed by atoms with Crippen molar-refractivity contribution in [2.24, 2.45) is 0 Å². The van der Waals surface area contributed by atoms with Crippen LogP contribution < -0.4 is 5.32 Å². The third-order valence-electron chi connectivity index (χ3n) is 3.03. The Kier molecular flexibility index (Phi) is 4.66. The van der Waals surface area contributed by atoms with Gasteiger partial charge in [-0.1, -0.05) is 41.1 Å². The molecule has 0 atom stereocenters. The summed E-state index contributed by atoms with van der Waals surface area (Å²) in [5.74, 6) is -0.303. The van der Waals surface area contributed by atoms with Gasteiger partial charge in [-0.25, -0.2) is 14.6 Å². The van der Waals surface area contributed by atoms with Crippen LogP contribution in [0.2, 0.25) is 10.0 Å². The van der Waals surface area contributed by atoms with Crippen LogP contribution in [0.4, 0.5) is 5.13 Å². The van der Waals surface area contributed by atoms with Gasteiger partial charge in [0.2, 0.25) is 0 Å². The van der Waals surface area contributed by atoms with E-state index in [4.69, 9.17) is 23.2 Å². The minimum absolute atomic E-state index is 0.303. The first-order valence-corrected chi connectivity index (χ1v) is 8.31. The van der Waals surface area contributed by atoms with Gasteiger partial charge in [0, 0.05) is 16.2 Å². The summed E-state index contributed by atoms with van der Waals surface area (Å²) < 4.78 is 1.56. The van der Waals surface area contributed by atoms with Crippen molar-refractivity contribution in [2.45, 2.75) is 6.92 Å². The maximum absolute atomic E-state index is 11.8. The summed E-state index contributed by atoms with van der Waals surface area (Å²) in [6, 6.07) is 5.12. The number of hydrogen-bond acceptors (Lipinski definition) is 5. The van der Waals surface area contributed by atoms with Crippen molar-refractivity contribution in [1.82, 2.24) is 19.7 Å². The van der Waals surface area contributed by atoms with Gasteiger partial charge in [-0.15, -0.1) is 0 Å². The molecule has 0 bridgehead atoms. The molecule has 9 heteroatoms. The second kappa shape index (κ2) is 6.72. The fourth-order valence-electron chi connectivity index (χ4n) is 1.89. The average Bonchev–Trinajstić information content (AvgIpc) is 3.16. The van der Waals surface area contributed by atoms with Gasteiger partial charge in [-0.2, -0.15) is 5.10 Å². The first kappa shape index (κ1) is 16.6. The molecule has 0 spiro atoms. The van der Waals surface area contributed by atoms with Crippen molar-refractivity contribution < 1.29 is 4.79 Å². The molecule has 2 aromatic heterocycles. The molecule has 24 heavy (non-hydrogen) atoms. The Morgan fingerprint density at radius 3 is 2.79 bits per heavy atom. The van der Waals surface area contributed by atoms with E-state index >= 15 is 0 Å². The molecule has 0 aliphatic heterocycles. The Morgan fingerprint density at radius 2 is 2.17 bits per heavy atom. The number of hydrogen-bond donors (Lipinski definition) is 1. The van der Waals surface area contributed by atoms with E-state index in [9.17, 15) is 4.79 Å². The smallest absolute Gasteiger partial charge is 0.252 e. The normalized spacial score (nSPS) is 10.6. The number of amides is 1. The number of thiazole rings is 1. The molecule has 0 saturated heterocycles. The lowest BCUT2D eigenvalue weighted by Gasteiger charge is -2.04. The molecule has 1 aromatic carbocycles. The lowest BCUT2D eigenvalue weighted by molar-refractivity contribution is -0.112. The lowest BCUT2D eigenvalue weighted by atomic mass is 10.1. The van der Waals surface area contributed by atoms with Crippen LogP contribution in [-0.4, -0.2) is 25.7 Å². The van der Waals surface area contributed by atoms with Crippen LogP contribution in [0.1, 0.15) is 6.92 Å². The number of nitrogens with zero attached hydrogens (tertiary/aromatic N) is 4. The quantitative estimate of drug-likeness (QED) is 0.688. The SMILES string of the molecule is C=C(C)C(=O)Nc1nc(-c2ccc(Cl)cc2Cl)c(-n2cncn2)s1. The lowest BCUT2D eigenvalue weighted by Crippen LogP contribution is -2.11. The van der Waals surface area contributed by atoms with Crippen molar-refractivity contribution in [3.8, 4) is 16.3 Å². The number of carbonyl (C=O) groups excluding carboxylic acids is 1. The topological polar surface area (TPSA) is 72.7 Å². The van der Waals surface area contributed by atoms with Crippen LogP contribution in [0.15, 0.2) is 43.0 Å². The van der Waals surface area contributed by atoms with Crippen molar-refractivity contribution in [3.63, 3.8) is 0 Å². The third kappa shape index (κ3) is 3.33. The highest BCUT2D eigenvalue weighted by molar-refractivity contribution is 7.18. The monoisotopic (exact) mass is 379 g/mol. The zero-order chi connectivity index (χ0) is 17.3. The van der Waals surface area contributed by atoms with Gasteiger partial charge >= 0.3 is 0 Å². The van der Waals surface area contributed by atoms with Crippen molar-refractivity contribution in [1.29, 1.82) is 0 Å². The molecule has 1 N–H and O–H groups in total. The highest BCUT2D eigenvalue weighted by atomic mass is 35.5. The molecule has 0 aliphatic carbocycles. The molecular formula is C15H11Cl2N5OS. The second-order valence-corrected chi connectivity index (χ2v) is 6.69. The van der Waals surface area contributed by atoms with Gasteiger partial charge in [-0.05, 0) is 25.1 Å². The van der Waals surface area contributed by atoms with E-state index in [0.29, 0.717) is 37.0 Å². The van der Waals surface area contributed by atoms with Crippen LogP contribution >= 0.6 is 34.5 Å². The fourth-order valence-corrected chi connectivity index (χ4v) is 3.30. The minimum Gasteiger partial charge on any atom is -0.298 e. The Labute approximate surface area is 151 Å². The summed E-state index contributed by atoms with van der Waals surface area (Å²) in [7, 11) is 0. The summed E-state index contributed by atoms with van der Waals surface area (Å²) in [4.78, 5) is 20.3. The highest BCUT2D eigenvalue weighted by Gasteiger charge is 2.19. The van der Waals surface area contributed by atoms with Gasteiger partial charge in [0.1, 0.15) is 23.3 Å². The molecule has 3 rings (SSSR count). The predicted octanol–water partition coefficient (Wildman–Crippen LogP) is 4.21. The molecule has 3 aromatic rings. The highest BCUT2D eigenvalue weighted by Crippen LogP contribution is 2.38. The summed E-state index contributed by atoms with van der Waals surface area (Å²) in [5.41, 5.74) is 1.64. The molecule has 0 radical (unpaired) electrons. The summed E-state index contributed by atoms with van der Waals surface area (Å²) >= 11 is 13.5. The maximum Gasteiger partial charge on any atom is 0.252 e. The van der Waals surface area contributed by atoms with Crippen LogP contribution in [0.5, 0.6) is 0 Å². The molecule has 2 heterocycles. The molecule has 122 valence electrons. The standard InChI is InChI=1S/C15H11Cl2N5OS/c1-8(2)13(23)21-15-20-12(10-4-3-9(16)5-11(10)17)14(24-15)22-7-18-6-19-22/h3-7H,1H2,2H3,(H,20,21,23). The van der Waals surface area contributed by atoms with E-state index in [-0.39, 0.29) is 5.91 Å². The molecule has 0 unspecified atom stereocenters. The summed E-state index contributed by atoms with van der Waals surface area (Å²) in [6.45, 7) is 5.24. The number of anilines is 1. The van der Waals surface area contributed by atoms with E-state index in [1.165, 1.54) is 17.7 Å². The maximum atomic E-state index is 11.8. The first-order chi connectivity index (χ1) is 11.5. The van der Waals surface area contributed by atoms with Crippen LogP contribution in [0.25, 0.3) is 16.3 Å². The largest absolute Gasteiger partial charge is 0.298 e. The predicted molar refractivity (Wildman–Crippen MR) is 95.9 cm³/mol. The number of aromatic nitrogens is 4. The molecule has 0 fully saturated rings. The summed E-state index contributed by atoms with van der Waals surface area (Å²) in [5, 5.41) is 8.89. The van der Waals surface area contributed by atoms with E-state index < -0.39 is 0 Å². The third-order valence-corrected chi connectivity index (χ3v) is 4.54. The van der Waals surface area contributed by atoms with E-state index in [2.05, 4.69) is 27.0 Å². The Morgan fingerprint density at radius 1 is 1.38 bits per heavy atom. The zero-order valence-corrected chi connectivity index (χ0v) is 14.8. The number of benzene rings is 1. The van der Waals surface area contributed by atoms with Crippen molar-refractivity contribution in [2.75, 3.05) is 5.32 Å². The Bertz CT molecular complexity index is 920. The number of nitrogens with one attached hydrogen (secondary N) is 1. The summed E-state index contributed by atoms with van der Waals surface area (Å²) in [6.07, 6.45) is 2.96. The number of rotatable bonds is 4. The average molecular weight is 380 g/mol. The second-order valence-electron chi connectivity index (χ2n) is 4.87. The zero-order valence-electron chi connectivity index (χ0n) is 12.5. The van der Waals surface area contributed by atoms with Gasteiger partial charge in [-0.3, -0.25) is 10.1 Å². The molecule has 0 saturated carbocycles. The van der Waals surface area contributed by atoms with Crippen LogP contribution in [0, 0.1) is 0 Å². The fraction of sp³-hybridized carbons (Fsp3) is 0.0667. The van der Waals surface area contributed by atoms with Gasteiger partial charge in [0.15, 0.2) is 5.13 Å². The Balaban J connectivity index is 2.11. The molecule has 6 nitrogen and oxygen atoms in total. The van der Waals surface area contributed by atoms with E-state index in [0.717, 1.165) is 0 Å². The van der Waals surface area contributed by atoms with Crippen LogP contribution in [0.3, 0.4) is 0 Å². The van der Waals surface area contributed by atoms with E-state index in [1.807, 2.05) is 0 Å². The van der Waals surface area contributed by atoms with Gasteiger partial charge in [0.05, 0.1) is 5.02 Å².